The van der Waals surface area contributed by atoms with E-state index in [-0.39, 0.29) is 17.2 Å². The molecule has 0 atom stereocenters. The van der Waals surface area contributed by atoms with Gasteiger partial charge >= 0.3 is 12.1 Å². The van der Waals surface area contributed by atoms with Gasteiger partial charge in [0.25, 0.3) is 5.91 Å². The van der Waals surface area contributed by atoms with E-state index in [9.17, 15) is 18.8 Å². The van der Waals surface area contributed by atoms with Gasteiger partial charge in [-0.1, -0.05) is 0 Å². The number of carbonyl (C=O) groups is 3. The van der Waals surface area contributed by atoms with Gasteiger partial charge in [-0.15, -0.1) is 0 Å². The predicted molar refractivity (Wildman–Crippen MR) is 86.3 cm³/mol. The van der Waals surface area contributed by atoms with E-state index in [1.54, 1.807) is 6.92 Å². The number of amides is 2. The Balaban J connectivity index is 1.81. The highest BCUT2D eigenvalue weighted by atomic mass is 19.1. The Kier molecular flexibility index (Phi) is 6.15. The number of carbonyl (C=O) groups excluding carboxylic acids is 3. The zero-order chi connectivity index (χ0) is 18.4. The van der Waals surface area contributed by atoms with E-state index in [1.807, 2.05) is 0 Å². The molecule has 0 saturated carbocycles. The van der Waals surface area contributed by atoms with E-state index < -0.39 is 24.5 Å². The summed E-state index contributed by atoms with van der Waals surface area (Å²) in [6, 6.07) is 3.30. The number of rotatable bonds is 4. The van der Waals surface area contributed by atoms with E-state index in [2.05, 4.69) is 0 Å². The lowest BCUT2D eigenvalue weighted by Crippen LogP contribution is -2.51. The number of ether oxygens (including phenoxy) is 2. The van der Waals surface area contributed by atoms with Crippen LogP contribution in [-0.2, 0) is 14.3 Å². The molecule has 25 heavy (non-hydrogen) atoms. The molecule has 0 spiro atoms. The molecular weight excluding hydrogens is 333 g/mol. The fourth-order valence-electron chi connectivity index (χ4n) is 2.37. The number of benzene rings is 1. The minimum Gasteiger partial charge on any atom is -0.452 e. The SMILES string of the molecule is CCOC(=O)N1CCN(C(=O)COC(=O)c2ccc(F)cc2N)CC1. The topological polar surface area (TPSA) is 102 Å². The fourth-order valence-corrected chi connectivity index (χ4v) is 2.37. The molecule has 1 aromatic carbocycles. The lowest BCUT2D eigenvalue weighted by molar-refractivity contribution is -0.136. The molecule has 0 aliphatic carbocycles. The van der Waals surface area contributed by atoms with Gasteiger partial charge in [0, 0.05) is 31.9 Å². The Morgan fingerprint density at radius 3 is 2.36 bits per heavy atom. The highest BCUT2D eigenvalue weighted by Crippen LogP contribution is 2.14. The maximum absolute atomic E-state index is 13.0. The van der Waals surface area contributed by atoms with Crippen LogP contribution >= 0.6 is 0 Å². The number of nitrogens with two attached hydrogens (primary N) is 1. The average Bonchev–Trinajstić information content (AvgIpc) is 2.59. The molecule has 0 aromatic heterocycles. The van der Waals surface area contributed by atoms with Crippen molar-refractivity contribution >= 4 is 23.7 Å². The second kappa shape index (κ2) is 8.32. The molecule has 1 aliphatic heterocycles. The lowest BCUT2D eigenvalue weighted by atomic mass is 10.2. The summed E-state index contributed by atoms with van der Waals surface area (Å²) in [5.74, 6) is -1.74. The van der Waals surface area contributed by atoms with Crippen LogP contribution in [-0.4, -0.2) is 67.2 Å². The van der Waals surface area contributed by atoms with Crippen LogP contribution in [0.1, 0.15) is 17.3 Å². The minimum absolute atomic E-state index is 0.00123. The van der Waals surface area contributed by atoms with Crippen LogP contribution in [0.5, 0.6) is 0 Å². The summed E-state index contributed by atoms with van der Waals surface area (Å²) in [6.07, 6.45) is -0.409. The molecular formula is C16H20FN3O5. The number of piperazine rings is 1. The summed E-state index contributed by atoms with van der Waals surface area (Å²) >= 11 is 0. The van der Waals surface area contributed by atoms with Crippen molar-refractivity contribution in [2.45, 2.75) is 6.92 Å². The molecule has 2 amide bonds. The minimum atomic E-state index is -0.795. The van der Waals surface area contributed by atoms with Crippen LogP contribution in [0.4, 0.5) is 14.9 Å². The van der Waals surface area contributed by atoms with Crippen LogP contribution in [0.3, 0.4) is 0 Å². The van der Waals surface area contributed by atoms with Crippen molar-refractivity contribution in [1.29, 1.82) is 0 Å². The van der Waals surface area contributed by atoms with E-state index in [0.29, 0.717) is 32.8 Å². The number of nitrogens with zero attached hydrogens (tertiary/aromatic N) is 2. The highest BCUT2D eigenvalue weighted by Gasteiger charge is 2.25. The van der Waals surface area contributed by atoms with Crippen LogP contribution in [0.15, 0.2) is 18.2 Å². The molecule has 2 rings (SSSR count). The normalized spacial score (nSPS) is 14.2. The Morgan fingerprint density at radius 1 is 1.12 bits per heavy atom. The summed E-state index contributed by atoms with van der Waals surface area (Å²) in [5.41, 5.74) is 5.50. The van der Waals surface area contributed by atoms with Gasteiger partial charge in [-0.05, 0) is 25.1 Å². The molecule has 1 fully saturated rings. The molecule has 0 bridgehead atoms. The van der Waals surface area contributed by atoms with Gasteiger partial charge in [-0.2, -0.15) is 0 Å². The quantitative estimate of drug-likeness (QED) is 0.636. The molecule has 1 heterocycles. The molecule has 1 aromatic rings. The lowest BCUT2D eigenvalue weighted by Gasteiger charge is -2.33. The third-order valence-corrected chi connectivity index (χ3v) is 3.72. The number of hydrogen-bond acceptors (Lipinski definition) is 6. The van der Waals surface area contributed by atoms with E-state index >= 15 is 0 Å². The number of hydrogen-bond donors (Lipinski definition) is 1. The maximum Gasteiger partial charge on any atom is 0.409 e. The number of anilines is 1. The molecule has 1 saturated heterocycles. The number of halogens is 1. The molecule has 136 valence electrons. The first-order valence-corrected chi connectivity index (χ1v) is 7.84. The first kappa shape index (κ1) is 18.5. The zero-order valence-electron chi connectivity index (χ0n) is 13.9. The van der Waals surface area contributed by atoms with E-state index in [4.69, 9.17) is 15.2 Å². The standard InChI is InChI=1S/C16H20FN3O5/c1-2-24-16(23)20-7-5-19(6-8-20)14(21)10-25-15(22)12-4-3-11(17)9-13(12)18/h3-4,9H,2,5-8,10,18H2,1H3. The predicted octanol–water partition coefficient (Wildman–Crippen LogP) is 0.865. The van der Waals surface area contributed by atoms with Crippen molar-refractivity contribution in [3.63, 3.8) is 0 Å². The Hall–Kier alpha value is -2.84. The van der Waals surface area contributed by atoms with Crippen LogP contribution in [0.2, 0.25) is 0 Å². The summed E-state index contributed by atoms with van der Waals surface area (Å²) < 4.78 is 22.8. The number of esters is 1. The summed E-state index contributed by atoms with van der Waals surface area (Å²) in [7, 11) is 0. The second-order valence-corrected chi connectivity index (χ2v) is 5.37. The van der Waals surface area contributed by atoms with Crippen molar-refractivity contribution in [3.8, 4) is 0 Å². The summed E-state index contributed by atoms with van der Waals surface area (Å²) in [6.45, 7) is 2.92. The Labute approximate surface area is 144 Å². The second-order valence-electron chi connectivity index (χ2n) is 5.37. The fraction of sp³-hybridized carbons (Fsp3) is 0.438. The summed E-state index contributed by atoms with van der Waals surface area (Å²) in [4.78, 5) is 38.6. The van der Waals surface area contributed by atoms with E-state index in [0.717, 1.165) is 12.1 Å². The monoisotopic (exact) mass is 353 g/mol. The van der Waals surface area contributed by atoms with Gasteiger partial charge in [-0.3, -0.25) is 4.79 Å². The van der Waals surface area contributed by atoms with Crippen molar-refractivity contribution < 1.29 is 28.2 Å². The van der Waals surface area contributed by atoms with Gasteiger partial charge in [-0.25, -0.2) is 14.0 Å². The van der Waals surface area contributed by atoms with Crippen LogP contribution in [0, 0.1) is 5.82 Å². The Morgan fingerprint density at radius 2 is 1.76 bits per heavy atom. The van der Waals surface area contributed by atoms with Gasteiger partial charge in [0.05, 0.1) is 12.2 Å². The Bertz CT molecular complexity index is 659. The largest absolute Gasteiger partial charge is 0.452 e. The molecule has 9 heteroatoms. The maximum atomic E-state index is 13.0. The van der Waals surface area contributed by atoms with Crippen LogP contribution < -0.4 is 5.73 Å². The third-order valence-electron chi connectivity index (χ3n) is 3.72. The van der Waals surface area contributed by atoms with Crippen molar-refractivity contribution in [1.82, 2.24) is 9.80 Å². The van der Waals surface area contributed by atoms with Crippen LogP contribution in [0.25, 0.3) is 0 Å². The number of nitrogen functional groups attached to an aromatic ring is 1. The molecule has 0 radical (unpaired) electrons. The third kappa shape index (κ3) is 4.82. The van der Waals surface area contributed by atoms with Gasteiger partial charge < -0.3 is 25.0 Å². The van der Waals surface area contributed by atoms with E-state index in [1.165, 1.54) is 15.9 Å². The first-order chi connectivity index (χ1) is 11.9. The average molecular weight is 353 g/mol. The van der Waals surface area contributed by atoms with Crippen molar-refractivity contribution in [3.05, 3.63) is 29.6 Å². The molecule has 8 nitrogen and oxygen atoms in total. The first-order valence-electron chi connectivity index (χ1n) is 7.84. The smallest absolute Gasteiger partial charge is 0.409 e. The molecule has 1 aliphatic rings. The molecule has 2 N–H and O–H groups in total. The van der Waals surface area contributed by atoms with Gasteiger partial charge in [0.1, 0.15) is 5.82 Å². The summed E-state index contributed by atoms with van der Waals surface area (Å²) in [5, 5.41) is 0. The molecule has 0 unspecified atom stereocenters. The van der Waals surface area contributed by atoms with Crippen molar-refractivity contribution in [2.75, 3.05) is 45.1 Å². The zero-order valence-corrected chi connectivity index (χ0v) is 13.9. The van der Waals surface area contributed by atoms with Crippen molar-refractivity contribution in [2.24, 2.45) is 0 Å². The highest BCUT2D eigenvalue weighted by molar-refractivity contribution is 5.96. The van der Waals surface area contributed by atoms with Gasteiger partial charge in [0.15, 0.2) is 6.61 Å². The van der Waals surface area contributed by atoms with Gasteiger partial charge in [0.2, 0.25) is 0 Å².